The molecule has 1 heterocycles. The number of amides is 1. The van der Waals surface area contributed by atoms with Crippen LogP contribution in [0.1, 0.15) is 45.1 Å². The molecule has 2 saturated carbocycles. The molecular weight excluding hydrogens is 346 g/mol. The molecule has 1 aromatic carbocycles. The predicted octanol–water partition coefficient (Wildman–Crippen LogP) is 3.47. The van der Waals surface area contributed by atoms with Crippen LogP contribution in [0.15, 0.2) is 34.2 Å². The van der Waals surface area contributed by atoms with Crippen LogP contribution in [0.25, 0.3) is 10.9 Å². The summed E-state index contributed by atoms with van der Waals surface area (Å²) in [6.07, 6.45) is 5.50. The van der Waals surface area contributed by atoms with E-state index in [4.69, 9.17) is 4.98 Å². The monoisotopic (exact) mass is 371 g/mol. The lowest BCUT2D eigenvalue weighted by Crippen LogP contribution is -2.35. The maximum absolute atomic E-state index is 12.9. The van der Waals surface area contributed by atoms with Gasteiger partial charge in [-0.25, -0.2) is 4.98 Å². The molecule has 1 amide bonds. The lowest BCUT2D eigenvalue weighted by atomic mass is 10.2. The highest BCUT2D eigenvalue weighted by Gasteiger charge is 2.30. The fraction of sp³-hybridized carbons (Fsp3) is 0.550. The molecule has 0 unspecified atom stereocenters. The van der Waals surface area contributed by atoms with E-state index in [2.05, 4.69) is 6.92 Å². The number of carbonyl (C=O) groups is 1. The summed E-state index contributed by atoms with van der Waals surface area (Å²) in [5.74, 6) is 1.21. The molecular formula is C20H25N3O2S. The summed E-state index contributed by atoms with van der Waals surface area (Å²) in [4.78, 5) is 32.3. The third-order valence-corrected chi connectivity index (χ3v) is 5.97. The van der Waals surface area contributed by atoms with Crippen LogP contribution in [0, 0.1) is 5.92 Å². The van der Waals surface area contributed by atoms with Crippen molar-refractivity contribution in [2.24, 2.45) is 5.92 Å². The molecule has 6 heteroatoms. The average molecular weight is 372 g/mol. The highest BCUT2D eigenvalue weighted by atomic mass is 32.2. The molecule has 5 nitrogen and oxygen atoms in total. The summed E-state index contributed by atoms with van der Waals surface area (Å²) in [5, 5.41) is 1.35. The summed E-state index contributed by atoms with van der Waals surface area (Å²) in [7, 11) is 0. The topological polar surface area (TPSA) is 55.2 Å². The molecule has 26 heavy (non-hydrogen) atoms. The molecule has 138 valence electrons. The Morgan fingerprint density at radius 1 is 1.27 bits per heavy atom. The third-order valence-electron chi connectivity index (χ3n) is 5.03. The van der Waals surface area contributed by atoms with Crippen molar-refractivity contribution in [1.29, 1.82) is 0 Å². The van der Waals surface area contributed by atoms with Gasteiger partial charge in [0, 0.05) is 19.1 Å². The van der Waals surface area contributed by atoms with Crippen molar-refractivity contribution in [3.05, 3.63) is 34.6 Å². The van der Waals surface area contributed by atoms with Gasteiger partial charge in [-0.15, -0.1) is 0 Å². The number of hydrogen-bond acceptors (Lipinski definition) is 4. The molecule has 0 saturated heterocycles. The molecule has 2 aliphatic rings. The highest BCUT2D eigenvalue weighted by Crippen LogP contribution is 2.37. The average Bonchev–Trinajstić information content (AvgIpc) is 3.54. The SMILES string of the molecule is CCCN(CC1CC1)C(=O)CSc1nc2ccccc2c(=O)n1C1CC1. The first-order valence-electron chi connectivity index (χ1n) is 9.59. The molecule has 0 spiro atoms. The zero-order valence-corrected chi connectivity index (χ0v) is 16.0. The van der Waals surface area contributed by atoms with Gasteiger partial charge in [0.05, 0.1) is 16.7 Å². The van der Waals surface area contributed by atoms with Crippen LogP contribution in [0.2, 0.25) is 0 Å². The summed E-state index contributed by atoms with van der Waals surface area (Å²) >= 11 is 1.41. The molecule has 0 bridgehead atoms. The minimum Gasteiger partial charge on any atom is -0.342 e. The second-order valence-corrected chi connectivity index (χ2v) is 8.33. The Labute approximate surface area is 157 Å². The van der Waals surface area contributed by atoms with Gasteiger partial charge in [-0.1, -0.05) is 30.8 Å². The Kier molecular flexibility index (Phi) is 5.02. The maximum Gasteiger partial charge on any atom is 0.262 e. The van der Waals surface area contributed by atoms with Crippen molar-refractivity contribution < 1.29 is 4.79 Å². The van der Waals surface area contributed by atoms with Crippen LogP contribution in [0.3, 0.4) is 0 Å². The van der Waals surface area contributed by atoms with Crippen LogP contribution in [-0.2, 0) is 4.79 Å². The number of para-hydroxylation sites is 1. The predicted molar refractivity (Wildman–Crippen MR) is 105 cm³/mol. The minimum atomic E-state index is 0.0245. The molecule has 0 N–H and O–H groups in total. The van der Waals surface area contributed by atoms with Gasteiger partial charge in [0.25, 0.3) is 5.56 Å². The number of carbonyl (C=O) groups excluding carboxylic acids is 1. The van der Waals surface area contributed by atoms with Crippen molar-refractivity contribution in [3.8, 4) is 0 Å². The van der Waals surface area contributed by atoms with Crippen LogP contribution < -0.4 is 5.56 Å². The van der Waals surface area contributed by atoms with E-state index >= 15 is 0 Å². The zero-order chi connectivity index (χ0) is 18.1. The fourth-order valence-corrected chi connectivity index (χ4v) is 4.27. The number of hydrogen-bond donors (Lipinski definition) is 0. The number of nitrogens with zero attached hydrogens (tertiary/aromatic N) is 3. The smallest absolute Gasteiger partial charge is 0.262 e. The Morgan fingerprint density at radius 2 is 2.04 bits per heavy atom. The van der Waals surface area contributed by atoms with Gasteiger partial charge in [0.15, 0.2) is 5.16 Å². The van der Waals surface area contributed by atoms with Gasteiger partial charge in [-0.2, -0.15) is 0 Å². The standard InChI is InChI=1S/C20H25N3O2S/c1-2-11-22(12-14-7-8-14)18(24)13-26-20-21-17-6-4-3-5-16(17)19(25)23(20)15-9-10-15/h3-6,14-15H,2,7-13H2,1H3. The molecule has 0 radical (unpaired) electrons. The van der Waals surface area contributed by atoms with E-state index in [0.29, 0.717) is 27.7 Å². The van der Waals surface area contributed by atoms with E-state index in [1.807, 2.05) is 33.7 Å². The van der Waals surface area contributed by atoms with Crippen molar-refractivity contribution in [3.63, 3.8) is 0 Å². The van der Waals surface area contributed by atoms with Gasteiger partial charge < -0.3 is 4.90 Å². The Morgan fingerprint density at radius 3 is 2.73 bits per heavy atom. The zero-order valence-electron chi connectivity index (χ0n) is 15.2. The van der Waals surface area contributed by atoms with Gasteiger partial charge in [-0.05, 0) is 50.2 Å². The largest absolute Gasteiger partial charge is 0.342 e. The van der Waals surface area contributed by atoms with E-state index in [1.54, 1.807) is 0 Å². The van der Waals surface area contributed by atoms with E-state index in [0.717, 1.165) is 32.4 Å². The first-order valence-corrected chi connectivity index (χ1v) is 10.6. The Hall–Kier alpha value is -1.82. The number of fused-ring (bicyclic) bond motifs is 1. The van der Waals surface area contributed by atoms with Crippen molar-refractivity contribution in [2.45, 2.75) is 50.2 Å². The number of thioether (sulfide) groups is 1. The molecule has 2 fully saturated rings. The lowest BCUT2D eigenvalue weighted by molar-refractivity contribution is -0.128. The van der Waals surface area contributed by atoms with E-state index in [1.165, 1.54) is 24.6 Å². The summed E-state index contributed by atoms with van der Waals surface area (Å²) in [5.41, 5.74) is 0.740. The first kappa shape index (κ1) is 17.6. The maximum atomic E-state index is 12.9. The third kappa shape index (κ3) is 3.80. The highest BCUT2D eigenvalue weighted by molar-refractivity contribution is 7.99. The van der Waals surface area contributed by atoms with Crippen LogP contribution in [-0.4, -0.2) is 39.2 Å². The van der Waals surface area contributed by atoms with Crippen LogP contribution in [0.4, 0.5) is 0 Å². The molecule has 4 rings (SSSR count). The van der Waals surface area contributed by atoms with E-state index < -0.39 is 0 Å². The molecule has 0 atom stereocenters. The summed E-state index contributed by atoms with van der Waals surface area (Å²) < 4.78 is 1.81. The minimum absolute atomic E-state index is 0.0245. The molecule has 0 aliphatic heterocycles. The quantitative estimate of drug-likeness (QED) is 0.527. The van der Waals surface area contributed by atoms with Gasteiger partial charge in [0.2, 0.25) is 5.91 Å². The molecule has 2 aliphatic carbocycles. The van der Waals surface area contributed by atoms with Crippen LogP contribution in [0.5, 0.6) is 0 Å². The second kappa shape index (κ2) is 7.43. The molecule has 1 aromatic heterocycles. The van der Waals surface area contributed by atoms with Crippen molar-refractivity contribution in [1.82, 2.24) is 14.5 Å². The Bertz CT molecular complexity index is 871. The van der Waals surface area contributed by atoms with Gasteiger partial charge in [0.1, 0.15) is 0 Å². The van der Waals surface area contributed by atoms with Crippen LogP contribution >= 0.6 is 11.8 Å². The Balaban J connectivity index is 1.55. The summed E-state index contributed by atoms with van der Waals surface area (Å²) in [6, 6.07) is 7.72. The number of benzene rings is 1. The second-order valence-electron chi connectivity index (χ2n) is 7.39. The van der Waals surface area contributed by atoms with Crippen molar-refractivity contribution in [2.75, 3.05) is 18.8 Å². The summed E-state index contributed by atoms with van der Waals surface area (Å²) in [6.45, 7) is 3.81. The normalized spacial score (nSPS) is 16.8. The van der Waals surface area contributed by atoms with Gasteiger partial charge >= 0.3 is 0 Å². The first-order chi connectivity index (χ1) is 12.7. The van der Waals surface area contributed by atoms with Gasteiger partial charge in [-0.3, -0.25) is 14.2 Å². The van der Waals surface area contributed by atoms with E-state index in [-0.39, 0.29) is 17.5 Å². The fourth-order valence-electron chi connectivity index (χ4n) is 3.30. The molecule has 2 aromatic rings. The van der Waals surface area contributed by atoms with Crippen molar-refractivity contribution >= 4 is 28.6 Å². The van der Waals surface area contributed by atoms with E-state index in [9.17, 15) is 9.59 Å². The number of rotatable bonds is 8. The lowest BCUT2D eigenvalue weighted by Gasteiger charge is -2.22. The number of aromatic nitrogens is 2.